The molecule has 0 saturated heterocycles. The molecule has 0 N–H and O–H groups in total. The summed E-state index contributed by atoms with van der Waals surface area (Å²) in [6.07, 6.45) is 1.06. The van der Waals surface area contributed by atoms with Gasteiger partial charge in [0, 0.05) is 17.4 Å². The highest BCUT2D eigenvalue weighted by Gasteiger charge is 2.20. The Morgan fingerprint density at radius 1 is 0.957 bits per heavy atom. The zero-order valence-electron chi connectivity index (χ0n) is 12.4. The number of halogens is 1. The first kappa shape index (κ1) is 17.2. The van der Waals surface area contributed by atoms with Crippen molar-refractivity contribution in [3.63, 3.8) is 0 Å². The minimum absolute atomic E-state index is 0.0784. The lowest BCUT2D eigenvalue weighted by Crippen LogP contribution is -2.14. The molecule has 0 aliphatic rings. The van der Waals surface area contributed by atoms with Crippen molar-refractivity contribution < 1.29 is 22.7 Å². The van der Waals surface area contributed by atoms with E-state index in [1.54, 1.807) is 0 Å². The first-order valence-electron chi connectivity index (χ1n) is 6.46. The predicted octanol–water partition coefficient (Wildman–Crippen LogP) is 2.82. The highest BCUT2D eigenvalue weighted by atomic mass is 35.5. The van der Waals surface area contributed by atoms with Gasteiger partial charge in [-0.1, -0.05) is 11.6 Å². The van der Waals surface area contributed by atoms with Gasteiger partial charge in [0.05, 0.1) is 17.0 Å². The van der Waals surface area contributed by atoms with Crippen LogP contribution in [0, 0.1) is 0 Å². The van der Waals surface area contributed by atoms with E-state index in [0.717, 1.165) is 6.26 Å². The van der Waals surface area contributed by atoms with Crippen LogP contribution in [0.15, 0.2) is 47.4 Å². The van der Waals surface area contributed by atoms with Gasteiger partial charge < -0.3 is 4.74 Å². The fraction of sp³-hybridized carbons (Fsp3) is 0.125. The summed E-state index contributed by atoms with van der Waals surface area (Å²) >= 11 is 5.88. The number of sulfone groups is 1. The van der Waals surface area contributed by atoms with Gasteiger partial charge in [0.25, 0.3) is 0 Å². The van der Waals surface area contributed by atoms with Gasteiger partial charge in [-0.3, -0.25) is 9.59 Å². The molecule has 0 aliphatic carbocycles. The molecule has 2 aromatic carbocycles. The minimum atomic E-state index is -3.36. The average molecular weight is 353 g/mol. The van der Waals surface area contributed by atoms with E-state index < -0.39 is 21.4 Å². The SMILES string of the molecule is COc1cc(C(=O)C(=O)c2ccc(S(C)(=O)=O)cc2)ccc1Cl. The second-order valence-electron chi connectivity index (χ2n) is 4.80. The molecule has 0 radical (unpaired) electrons. The summed E-state index contributed by atoms with van der Waals surface area (Å²) in [6.45, 7) is 0. The van der Waals surface area contributed by atoms with E-state index in [1.165, 1.54) is 49.6 Å². The number of methoxy groups -OCH3 is 1. The van der Waals surface area contributed by atoms with Crippen molar-refractivity contribution in [3.05, 3.63) is 58.6 Å². The molecule has 5 nitrogen and oxygen atoms in total. The molecule has 0 spiro atoms. The largest absolute Gasteiger partial charge is 0.495 e. The molecule has 0 heterocycles. The predicted molar refractivity (Wildman–Crippen MR) is 86.2 cm³/mol. The van der Waals surface area contributed by atoms with Crippen molar-refractivity contribution in [1.29, 1.82) is 0 Å². The summed E-state index contributed by atoms with van der Waals surface area (Å²) in [7, 11) is -1.95. The van der Waals surface area contributed by atoms with Crippen molar-refractivity contribution in [2.24, 2.45) is 0 Å². The van der Waals surface area contributed by atoms with Crippen LogP contribution in [-0.2, 0) is 9.84 Å². The van der Waals surface area contributed by atoms with Crippen molar-refractivity contribution in [1.82, 2.24) is 0 Å². The normalized spacial score (nSPS) is 11.1. The summed E-state index contributed by atoms with van der Waals surface area (Å²) in [6, 6.07) is 9.47. The number of carbonyl (C=O) groups is 2. The first-order valence-corrected chi connectivity index (χ1v) is 8.73. The molecule has 0 atom stereocenters. The molecule has 7 heteroatoms. The van der Waals surface area contributed by atoms with E-state index in [0.29, 0.717) is 5.02 Å². The maximum absolute atomic E-state index is 12.2. The van der Waals surface area contributed by atoms with Gasteiger partial charge in [0.1, 0.15) is 5.75 Å². The second kappa shape index (κ2) is 6.52. The molecule has 0 aliphatic heterocycles. The Labute approximate surface area is 138 Å². The molecular weight excluding hydrogens is 340 g/mol. The average Bonchev–Trinajstić information content (AvgIpc) is 2.53. The fourth-order valence-corrected chi connectivity index (χ4v) is 2.74. The summed E-state index contributed by atoms with van der Waals surface area (Å²) in [5, 5.41) is 0.328. The van der Waals surface area contributed by atoms with Crippen molar-refractivity contribution in [2.45, 2.75) is 4.90 Å². The number of Topliss-reactive ketones (excluding diaryl/α,β-unsaturated/α-hetero) is 2. The molecular formula is C16H13ClO5S. The van der Waals surface area contributed by atoms with Gasteiger partial charge >= 0.3 is 0 Å². The summed E-state index contributed by atoms with van der Waals surface area (Å²) in [5.41, 5.74) is 0.250. The third kappa shape index (κ3) is 3.78. The van der Waals surface area contributed by atoms with Crippen LogP contribution in [0.2, 0.25) is 5.02 Å². The van der Waals surface area contributed by atoms with Crippen molar-refractivity contribution >= 4 is 33.0 Å². The smallest absolute Gasteiger partial charge is 0.233 e. The maximum Gasteiger partial charge on any atom is 0.233 e. The van der Waals surface area contributed by atoms with Crippen LogP contribution in [0.1, 0.15) is 20.7 Å². The summed E-state index contributed by atoms with van der Waals surface area (Å²) in [4.78, 5) is 24.5. The second-order valence-corrected chi connectivity index (χ2v) is 7.23. The van der Waals surface area contributed by atoms with Gasteiger partial charge in [-0.05, 0) is 42.5 Å². The zero-order valence-corrected chi connectivity index (χ0v) is 13.9. The highest BCUT2D eigenvalue weighted by molar-refractivity contribution is 7.90. The molecule has 23 heavy (non-hydrogen) atoms. The van der Waals surface area contributed by atoms with Crippen LogP contribution in [0.4, 0.5) is 0 Å². The Balaban J connectivity index is 2.31. The van der Waals surface area contributed by atoms with Crippen molar-refractivity contribution in [3.8, 4) is 5.75 Å². The van der Waals surface area contributed by atoms with Gasteiger partial charge in [0.15, 0.2) is 9.84 Å². The number of ether oxygens (including phenoxy) is 1. The van der Waals surface area contributed by atoms with Crippen LogP contribution in [-0.4, -0.2) is 33.3 Å². The van der Waals surface area contributed by atoms with Gasteiger partial charge in [0.2, 0.25) is 11.6 Å². The van der Waals surface area contributed by atoms with Gasteiger partial charge in [-0.15, -0.1) is 0 Å². The molecule has 0 unspecified atom stereocenters. The highest BCUT2D eigenvalue weighted by Crippen LogP contribution is 2.25. The number of benzene rings is 2. The number of ketones is 2. The molecule has 0 fully saturated rings. The lowest BCUT2D eigenvalue weighted by Gasteiger charge is -2.06. The van der Waals surface area contributed by atoms with E-state index in [9.17, 15) is 18.0 Å². The monoisotopic (exact) mass is 352 g/mol. The van der Waals surface area contributed by atoms with Crippen LogP contribution >= 0.6 is 11.6 Å². The minimum Gasteiger partial charge on any atom is -0.495 e. The third-order valence-electron chi connectivity index (χ3n) is 3.16. The van der Waals surface area contributed by atoms with Crippen LogP contribution in [0.5, 0.6) is 5.75 Å². The number of carbonyl (C=O) groups excluding carboxylic acids is 2. The van der Waals surface area contributed by atoms with Crippen LogP contribution in [0.25, 0.3) is 0 Å². The molecule has 2 aromatic rings. The molecule has 0 amide bonds. The Morgan fingerprint density at radius 3 is 2.00 bits per heavy atom. The fourth-order valence-electron chi connectivity index (χ4n) is 1.92. The van der Waals surface area contributed by atoms with E-state index in [2.05, 4.69) is 0 Å². The summed E-state index contributed by atoms with van der Waals surface area (Å²) in [5.74, 6) is -1.18. The van der Waals surface area contributed by atoms with E-state index in [4.69, 9.17) is 16.3 Å². The molecule has 2 rings (SSSR count). The van der Waals surface area contributed by atoms with Crippen LogP contribution in [0.3, 0.4) is 0 Å². The Kier molecular flexibility index (Phi) is 4.87. The van der Waals surface area contributed by atoms with Gasteiger partial charge in [-0.25, -0.2) is 8.42 Å². The molecule has 120 valence electrons. The lowest BCUT2D eigenvalue weighted by molar-refractivity contribution is 0.0817. The maximum atomic E-state index is 12.2. The Hall–Kier alpha value is -2.18. The molecule has 0 aromatic heterocycles. The zero-order chi connectivity index (χ0) is 17.2. The van der Waals surface area contributed by atoms with E-state index in [1.807, 2.05) is 0 Å². The lowest BCUT2D eigenvalue weighted by atomic mass is 10.0. The third-order valence-corrected chi connectivity index (χ3v) is 4.60. The van der Waals surface area contributed by atoms with Crippen LogP contribution < -0.4 is 4.74 Å². The van der Waals surface area contributed by atoms with Gasteiger partial charge in [-0.2, -0.15) is 0 Å². The number of hydrogen-bond acceptors (Lipinski definition) is 5. The Bertz CT molecular complexity index is 870. The number of rotatable bonds is 5. The van der Waals surface area contributed by atoms with Crippen molar-refractivity contribution in [2.75, 3.05) is 13.4 Å². The Morgan fingerprint density at radius 2 is 1.48 bits per heavy atom. The topological polar surface area (TPSA) is 77.5 Å². The quantitative estimate of drug-likeness (QED) is 0.610. The van der Waals surface area contributed by atoms with E-state index >= 15 is 0 Å². The van der Waals surface area contributed by atoms with E-state index in [-0.39, 0.29) is 21.8 Å². The summed E-state index contributed by atoms with van der Waals surface area (Å²) < 4.78 is 27.8. The standard InChI is InChI=1S/C16H13ClO5S/c1-22-14-9-11(5-8-13(14)17)16(19)15(18)10-3-6-12(7-4-10)23(2,20)21/h3-9H,1-2H3. The molecule has 0 bridgehead atoms. The number of hydrogen-bond donors (Lipinski definition) is 0. The first-order chi connectivity index (χ1) is 10.7. The molecule has 0 saturated carbocycles.